The summed E-state index contributed by atoms with van der Waals surface area (Å²) in [4.78, 5) is 26.1. The summed E-state index contributed by atoms with van der Waals surface area (Å²) in [6.07, 6.45) is 1.59. The predicted molar refractivity (Wildman–Crippen MR) is 66.9 cm³/mol. The van der Waals surface area contributed by atoms with E-state index >= 15 is 0 Å². The van der Waals surface area contributed by atoms with Crippen molar-refractivity contribution in [1.82, 2.24) is 4.90 Å². The molecule has 0 spiro atoms. The molecule has 0 atom stereocenters. The first kappa shape index (κ1) is 11.9. The highest BCUT2D eigenvalue weighted by atomic mass is 16.5. The Balaban J connectivity index is 1.92. The molecule has 0 aromatic heterocycles. The van der Waals surface area contributed by atoms with Crippen LogP contribution in [-0.4, -0.2) is 43.0 Å². The van der Waals surface area contributed by atoms with Gasteiger partial charge in [0.25, 0.3) is 0 Å². The van der Waals surface area contributed by atoms with E-state index in [2.05, 4.69) is 0 Å². The lowest BCUT2D eigenvalue weighted by atomic mass is 10.0. The molecule has 0 bridgehead atoms. The Morgan fingerprint density at radius 1 is 1.11 bits per heavy atom. The Morgan fingerprint density at radius 3 is 2.63 bits per heavy atom. The van der Waals surface area contributed by atoms with Gasteiger partial charge in [-0.1, -0.05) is 12.1 Å². The fourth-order valence-electron chi connectivity index (χ4n) is 2.14. The third-order valence-electron chi connectivity index (χ3n) is 3.16. The molecule has 1 aromatic rings. The molecule has 1 saturated heterocycles. The molecule has 1 fully saturated rings. The smallest absolute Gasteiger partial charge is 0.349 e. The maximum absolute atomic E-state index is 12.3. The summed E-state index contributed by atoms with van der Waals surface area (Å²) < 4.78 is 10.4. The van der Waals surface area contributed by atoms with E-state index in [0.29, 0.717) is 37.6 Å². The fraction of sp³-hybridized carbons (Fsp3) is 0.286. The van der Waals surface area contributed by atoms with Gasteiger partial charge >= 0.3 is 5.97 Å². The molecule has 0 N–H and O–H groups in total. The second-order valence-corrected chi connectivity index (χ2v) is 4.41. The van der Waals surface area contributed by atoms with Crippen molar-refractivity contribution in [3.05, 3.63) is 41.6 Å². The van der Waals surface area contributed by atoms with Gasteiger partial charge in [0, 0.05) is 19.3 Å². The van der Waals surface area contributed by atoms with Crippen molar-refractivity contribution in [3.8, 4) is 5.75 Å². The van der Waals surface area contributed by atoms with E-state index in [1.165, 1.54) is 0 Å². The Labute approximate surface area is 110 Å². The maximum atomic E-state index is 12.3. The standard InChI is InChI=1S/C14H13NO4/c16-13-10-3-1-2-4-12(10)19-14(17)11(13)9-15-5-7-18-8-6-15/h1-4,9H,5-8H2. The lowest BCUT2D eigenvalue weighted by molar-refractivity contribution is -0.130. The number of fused-ring (bicyclic) bond motifs is 1. The van der Waals surface area contributed by atoms with E-state index in [1.807, 2.05) is 4.90 Å². The summed E-state index contributed by atoms with van der Waals surface area (Å²) in [5.74, 6) is -0.537. The number of morpholine rings is 1. The molecular weight excluding hydrogens is 246 g/mol. The number of Topliss-reactive ketones (excluding diaryl/α,β-unsaturated/α-hetero) is 1. The molecule has 3 rings (SSSR count). The van der Waals surface area contributed by atoms with Gasteiger partial charge in [-0.15, -0.1) is 0 Å². The lowest BCUT2D eigenvalue weighted by Crippen LogP contribution is -2.35. The number of hydrogen-bond donors (Lipinski definition) is 0. The highest BCUT2D eigenvalue weighted by Crippen LogP contribution is 2.27. The Morgan fingerprint density at radius 2 is 1.84 bits per heavy atom. The summed E-state index contributed by atoms with van der Waals surface area (Å²) in [6, 6.07) is 6.77. The number of para-hydroxylation sites is 1. The number of rotatable bonds is 1. The number of nitrogens with zero attached hydrogens (tertiary/aromatic N) is 1. The predicted octanol–water partition coefficient (Wildman–Crippen LogP) is 1.00. The van der Waals surface area contributed by atoms with E-state index < -0.39 is 5.97 Å². The van der Waals surface area contributed by atoms with Crippen molar-refractivity contribution < 1.29 is 19.1 Å². The molecule has 0 unspecified atom stereocenters. The molecule has 2 aliphatic heterocycles. The van der Waals surface area contributed by atoms with Crippen LogP contribution in [-0.2, 0) is 9.53 Å². The number of carbonyl (C=O) groups is 2. The van der Waals surface area contributed by atoms with Crippen molar-refractivity contribution in [2.24, 2.45) is 0 Å². The van der Waals surface area contributed by atoms with Crippen LogP contribution >= 0.6 is 0 Å². The first-order valence-corrected chi connectivity index (χ1v) is 6.15. The molecule has 5 nitrogen and oxygen atoms in total. The van der Waals surface area contributed by atoms with E-state index in [9.17, 15) is 9.59 Å². The van der Waals surface area contributed by atoms with Crippen molar-refractivity contribution in [1.29, 1.82) is 0 Å². The maximum Gasteiger partial charge on any atom is 0.349 e. The SMILES string of the molecule is O=C1Oc2ccccc2C(=O)C1=CN1CCOCC1. The average Bonchev–Trinajstić information content (AvgIpc) is 2.45. The summed E-state index contributed by atoms with van der Waals surface area (Å²) >= 11 is 0. The van der Waals surface area contributed by atoms with Crippen molar-refractivity contribution in [3.63, 3.8) is 0 Å². The molecule has 2 aliphatic rings. The molecule has 2 heterocycles. The van der Waals surface area contributed by atoms with Crippen molar-refractivity contribution in [2.75, 3.05) is 26.3 Å². The van der Waals surface area contributed by atoms with Crippen LogP contribution in [0, 0.1) is 0 Å². The van der Waals surface area contributed by atoms with Crippen LogP contribution in [0.25, 0.3) is 0 Å². The van der Waals surface area contributed by atoms with Gasteiger partial charge in [0.05, 0.1) is 18.8 Å². The van der Waals surface area contributed by atoms with Gasteiger partial charge in [-0.05, 0) is 12.1 Å². The van der Waals surface area contributed by atoms with Crippen LogP contribution in [0.5, 0.6) is 5.75 Å². The Hall–Kier alpha value is -2.14. The summed E-state index contributed by atoms with van der Waals surface area (Å²) in [7, 11) is 0. The van der Waals surface area contributed by atoms with E-state index in [1.54, 1.807) is 30.5 Å². The third kappa shape index (κ3) is 2.24. The third-order valence-corrected chi connectivity index (χ3v) is 3.16. The van der Waals surface area contributed by atoms with Gasteiger partial charge in [0.2, 0.25) is 5.78 Å². The highest BCUT2D eigenvalue weighted by Gasteiger charge is 2.31. The normalized spacial score (nSPS) is 21.3. The molecule has 98 valence electrons. The van der Waals surface area contributed by atoms with Crippen molar-refractivity contribution >= 4 is 11.8 Å². The molecule has 1 aromatic carbocycles. The van der Waals surface area contributed by atoms with Crippen LogP contribution in [0.15, 0.2) is 36.0 Å². The topological polar surface area (TPSA) is 55.8 Å². The molecule has 0 saturated carbocycles. The molecule has 0 aliphatic carbocycles. The average molecular weight is 259 g/mol. The molecule has 5 heteroatoms. The Bertz CT molecular complexity index is 558. The number of ether oxygens (including phenoxy) is 2. The minimum absolute atomic E-state index is 0.0839. The van der Waals surface area contributed by atoms with Gasteiger partial charge in [0.15, 0.2) is 0 Å². The van der Waals surface area contributed by atoms with Crippen LogP contribution in [0.2, 0.25) is 0 Å². The molecule has 0 amide bonds. The highest BCUT2D eigenvalue weighted by molar-refractivity contribution is 6.27. The number of hydrogen-bond acceptors (Lipinski definition) is 5. The monoisotopic (exact) mass is 259 g/mol. The first-order valence-electron chi connectivity index (χ1n) is 6.15. The number of carbonyl (C=O) groups excluding carboxylic acids is 2. The van der Waals surface area contributed by atoms with Gasteiger partial charge in [-0.2, -0.15) is 0 Å². The van der Waals surface area contributed by atoms with Gasteiger partial charge in [-0.3, -0.25) is 4.79 Å². The summed E-state index contributed by atoms with van der Waals surface area (Å²) in [5, 5.41) is 0. The quantitative estimate of drug-likeness (QED) is 0.326. The number of ketones is 1. The zero-order valence-corrected chi connectivity index (χ0v) is 10.3. The van der Waals surface area contributed by atoms with E-state index in [4.69, 9.17) is 9.47 Å². The van der Waals surface area contributed by atoms with Gasteiger partial charge < -0.3 is 14.4 Å². The van der Waals surface area contributed by atoms with E-state index in [-0.39, 0.29) is 11.4 Å². The lowest BCUT2D eigenvalue weighted by Gasteiger charge is -2.26. The second kappa shape index (κ2) is 4.85. The van der Waals surface area contributed by atoms with E-state index in [0.717, 1.165) is 0 Å². The van der Waals surface area contributed by atoms with Crippen LogP contribution in [0.4, 0.5) is 0 Å². The Kier molecular flexibility index (Phi) is 3.05. The number of esters is 1. The van der Waals surface area contributed by atoms with Gasteiger partial charge in [-0.25, -0.2) is 4.79 Å². The van der Waals surface area contributed by atoms with Crippen LogP contribution in [0.1, 0.15) is 10.4 Å². The molecule has 19 heavy (non-hydrogen) atoms. The van der Waals surface area contributed by atoms with Gasteiger partial charge in [0.1, 0.15) is 11.3 Å². The largest absolute Gasteiger partial charge is 0.422 e. The molecule has 0 radical (unpaired) electrons. The second-order valence-electron chi connectivity index (χ2n) is 4.41. The van der Waals surface area contributed by atoms with Crippen molar-refractivity contribution in [2.45, 2.75) is 0 Å². The molecular formula is C14H13NO4. The van der Waals surface area contributed by atoms with Crippen LogP contribution in [0.3, 0.4) is 0 Å². The number of benzene rings is 1. The zero-order chi connectivity index (χ0) is 13.2. The van der Waals surface area contributed by atoms with Crippen LogP contribution < -0.4 is 4.74 Å². The first-order chi connectivity index (χ1) is 9.25. The zero-order valence-electron chi connectivity index (χ0n) is 10.3. The summed E-state index contributed by atoms with van der Waals surface area (Å²) in [6.45, 7) is 2.55. The minimum Gasteiger partial charge on any atom is -0.422 e. The minimum atomic E-state index is -0.588. The fourth-order valence-corrected chi connectivity index (χ4v) is 2.14. The summed E-state index contributed by atoms with van der Waals surface area (Å²) in [5.41, 5.74) is 0.516.